The predicted octanol–water partition coefficient (Wildman–Crippen LogP) is 4.29. The highest BCUT2D eigenvalue weighted by atomic mass is 14.2. The summed E-state index contributed by atoms with van der Waals surface area (Å²) in [5.74, 6) is 0. The van der Waals surface area contributed by atoms with E-state index in [4.69, 9.17) is 0 Å². The number of rotatable bonds is 3. The molecule has 2 rings (SSSR count). The molecule has 78 valence electrons. The summed E-state index contributed by atoms with van der Waals surface area (Å²) in [7, 11) is 0. The fraction of sp³-hybridized carbons (Fsp3) is 0.333. The highest BCUT2D eigenvalue weighted by Crippen LogP contribution is 2.29. The van der Waals surface area contributed by atoms with Gasteiger partial charge in [0.15, 0.2) is 0 Å². The van der Waals surface area contributed by atoms with Gasteiger partial charge in [0.25, 0.3) is 0 Å². The van der Waals surface area contributed by atoms with Crippen molar-refractivity contribution in [1.29, 1.82) is 0 Å². The van der Waals surface area contributed by atoms with Gasteiger partial charge in [-0.3, -0.25) is 0 Å². The van der Waals surface area contributed by atoms with Crippen molar-refractivity contribution in [2.45, 2.75) is 33.1 Å². The lowest BCUT2D eigenvalue weighted by Crippen LogP contribution is -1.88. The van der Waals surface area contributed by atoms with Gasteiger partial charge in [-0.25, -0.2) is 0 Å². The van der Waals surface area contributed by atoms with Crippen molar-refractivity contribution >= 4 is 0 Å². The third kappa shape index (κ3) is 2.38. The van der Waals surface area contributed by atoms with Crippen LogP contribution in [-0.2, 0) is 6.42 Å². The first-order chi connectivity index (χ1) is 7.29. The Bertz CT molecular complexity index is 393. The van der Waals surface area contributed by atoms with E-state index in [9.17, 15) is 0 Å². The minimum atomic E-state index is 1.11. The third-order valence-corrected chi connectivity index (χ3v) is 3.12. The average molecular weight is 198 g/mol. The van der Waals surface area contributed by atoms with Crippen LogP contribution in [0.2, 0.25) is 0 Å². The van der Waals surface area contributed by atoms with E-state index in [-0.39, 0.29) is 0 Å². The lowest BCUT2D eigenvalue weighted by molar-refractivity contribution is 0.969. The smallest absolute Gasteiger partial charge is 0.00607 e. The van der Waals surface area contributed by atoms with Crippen LogP contribution in [0.1, 0.15) is 32.3 Å². The molecule has 0 radical (unpaired) electrons. The molecule has 1 aliphatic carbocycles. The number of benzene rings is 1. The summed E-state index contributed by atoms with van der Waals surface area (Å²) in [6, 6.07) is 10.7. The highest BCUT2D eigenvalue weighted by molar-refractivity contribution is 5.40. The van der Waals surface area contributed by atoms with E-state index in [1.54, 1.807) is 11.1 Å². The summed E-state index contributed by atoms with van der Waals surface area (Å²) in [4.78, 5) is 0. The van der Waals surface area contributed by atoms with E-state index in [1.807, 2.05) is 0 Å². The van der Waals surface area contributed by atoms with Gasteiger partial charge < -0.3 is 0 Å². The van der Waals surface area contributed by atoms with Crippen molar-refractivity contribution < 1.29 is 0 Å². The molecule has 1 aromatic rings. The van der Waals surface area contributed by atoms with Crippen LogP contribution in [-0.4, -0.2) is 0 Å². The zero-order valence-corrected chi connectivity index (χ0v) is 9.59. The Morgan fingerprint density at radius 1 is 1.13 bits per heavy atom. The van der Waals surface area contributed by atoms with Gasteiger partial charge in [-0.2, -0.15) is 0 Å². The van der Waals surface area contributed by atoms with Gasteiger partial charge in [0.05, 0.1) is 0 Å². The molecule has 0 saturated heterocycles. The number of allylic oxidation sites excluding steroid dienone is 4. The number of hydrogen-bond donors (Lipinski definition) is 0. The molecule has 0 N–H and O–H groups in total. The van der Waals surface area contributed by atoms with Crippen LogP contribution in [0.4, 0.5) is 0 Å². The molecule has 0 aliphatic heterocycles. The molecule has 0 saturated carbocycles. The standard InChI is InChI=1S/C15H18/c1-3-15-11-14(9-12(15)2)10-13-7-5-4-6-8-13/h4-9H,3,10-11H2,1-2H3. The zero-order valence-electron chi connectivity index (χ0n) is 9.59. The molecule has 0 bridgehead atoms. The quantitative estimate of drug-likeness (QED) is 0.679. The van der Waals surface area contributed by atoms with Gasteiger partial charge in [0, 0.05) is 0 Å². The van der Waals surface area contributed by atoms with E-state index in [0.29, 0.717) is 0 Å². The minimum absolute atomic E-state index is 1.11. The Balaban J connectivity index is 2.03. The average Bonchev–Trinajstić information content (AvgIpc) is 2.60. The molecular weight excluding hydrogens is 180 g/mol. The zero-order chi connectivity index (χ0) is 10.7. The molecule has 0 atom stereocenters. The van der Waals surface area contributed by atoms with Gasteiger partial charge in [-0.05, 0) is 31.7 Å². The van der Waals surface area contributed by atoms with E-state index in [2.05, 4.69) is 50.3 Å². The fourth-order valence-corrected chi connectivity index (χ4v) is 2.25. The Morgan fingerprint density at radius 3 is 2.47 bits per heavy atom. The predicted molar refractivity (Wildman–Crippen MR) is 65.8 cm³/mol. The van der Waals surface area contributed by atoms with Crippen LogP contribution in [0.15, 0.2) is 53.1 Å². The van der Waals surface area contributed by atoms with Crippen LogP contribution in [0.5, 0.6) is 0 Å². The Hall–Kier alpha value is -1.30. The van der Waals surface area contributed by atoms with E-state index >= 15 is 0 Å². The van der Waals surface area contributed by atoms with Crippen molar-refractivity contribution in [3.05, 3.63) is 58.7 Å². The summed E-state index contributed by atoms with van der Waals surface area (Å²) < 4.78 is 0. The van der Waals surface area contributed by atoms with E-state index < -0.39 is 0 Å². The second-order valence-corrected chi connectivity index (χ2v) is 4.28. The maximum atomic E-state index is 2.37. The van der Waals surface area contributed by atoms with Crippen molar-refractivity contribution in [2.24, 2.45) is 0 Å². The van der Waals surface area contributed by atoms with Gasteiger partial charge in [-0.15, -0.1) is 0 Å². The lowest BCUT2D eigenvalue weighted by atomic mass is 10.0. The summed E-state index contributed by atoms with van der Waals surface area (Å²) >= 11 is 0. The molecule has 0 heteroatoms. The minimum Gasteiger partial charge on any atom is -0.0635 e. The summed E-state index contributed by atoms with van der Waals surface area (Å²) in [6.45, 7) is 4.48. The van der Waals surface area contributed by atoms with Crippen molar-refractivity contribution in [3.63, 3.8) is 0 Å². The Kier molecular flexibility index (Phi) is 3.05. The summed E-state index contributed by atoms with van der Waals surface area (Å²) in [6.07, 6.45) is 5.87. The van der Waals surface area contributed by atoms with Crippen LogP contribution >= 0.6 is 0 Å². The monoisotopic (exact) mass is 198 g/mol. The Morgan fingerprint density at radius 2 is 1.87 bits per heavy atom. The largest absolute Gasteiger partial charge is 0.0635 e. The second kappa shape index (κ2) is 4.48. The van der Waals surface area contributed by atoms with Crippen LogP contribution in [0.25, 0.3) is 0 Å². The van der Waals surface area contributed by atoms with Gasteiger partial charge >= 0.3 is 0 Å². The molecule has 0 amide bonds. The molecule has 0 spiro atoms. The molecule has 0 heterocycles. The Labute approximate surface area is 92.3 Å². The normalized spacial score (nSPS) is 15.7. The molecule has 0 aromatic heterocycles. The van der Waals surface area contributed by atoms with Gasteiger partial charge in [0.2, 0.25) is 0 Å². The lowest BCUT2D eigenvalue weighted by Gasteiger charge is -2.03. The maximum Gasteiger partial charge on any atom is -0.00607 e. The molecule has 1 aromatic carbocycles. The SMILES string of the molecule is CCC1=C(C)C=C(Cc2ccccc2)C1. The first-order valence-electron chi connectivity index (χ1n) is 5.71. The molecule has 0 nitrogen and oxygen atoms in total. The van der Waals surface area contributed by atoms with E-state index in [0.717, 1.165) is 6.42 Å². The third-order valence-electron chi connectivity index (χ3n) is 3.12. The molecule has 15 heavy (non-hydrogen) atoms. The topological polar surface area (TPSA) is 0 Å². The summed E-state index contributed by atoms with van der Waals surface area (Å²) in [5, 5.41) is 0. The van der Waals surface area contributed by atoms with Crippen LogP contribution in [0.3, 0.4) is 0 Å². The van der Waals surface area contributed by atoms with E-state index in [1.165, 1.54) is 24.0 Å². The molecule has 1 aliphatic rings. The fourth-order valence-electron chi connectivity index (χ4n) is 2.25. The number of hydrogen-bond acceptors (Lipinski definition) is 0. The first kappa shape index (κ1) is 10.2. The van der Waals surface area contributed by atoms with Crippen LogP contribution in [0, 0.1) is 0 Å². The second-order valence-electron chi connectivity index (χ2n) is 4.28. The first-order valence-corrected chi connectivity index (χ1v) is 5.71. The van der Waals surface area contributed by atoms with Crippen molar-refractivity contribution in [2.75, 3.05) is 0 Å². The van der Waals surface area contributed by atoms with Gasteiger partial charge in [-0.1, -0.05) is 60.1 Å². The maximum absolute atomic E-state index is 2.37. The molecular formula is C15H18. The molecule has 0 unspecified atom stereocenters. The van der Waals surface area contributed by atoms with Crippen molar-refractivity contribution in [1.82, 2.24) is 0 Å². The van der Waals surface area contributed by atoms with Crippen molar-refractivity contribution in [3.8, 4) is 0 Å². The van der Waals surface area contributed by atoms with Gasteiger partial charge in [0.1, 0.15) is 0 Å². The molecule has 0 fully saturated rings. The summed E-state index contributed by atoms with van der Waals surface area (Å²) in [5.41, 5.74) is 6.09. The highest BCUT2D eigenvalue weighted by Gasteiger charge is 2.11. The van der Waals surface area contributed by atoms with Crippen LogP contribution < -0.4 is 0 Å².